The molecule has 0 aromatic heterocycles. The Morgan fingerprint density at radius 1 is 0.532 bits per heavy atom. The fourth-order valence-electron chi connectivity index (χ4n) is 5.51. The average molecular weight is 663 g/mol. The lowest BCUT2D eigenvalue weighted by molar-refractivity contribution is -0.152. The van der Waals surface area contributed by atoms with Crippen molar-refractivity contribution in [2.75, 3.05) is 13.2 Å². The van der Waals surface area contributed by atoms with Gasteiger partial charge in [0.25, 0.3) is 0 Å². The van der Waals surface area contributed by atoms with E-state index in [0.29, 0.717) is 12.8 Å². The maximum atomic E-state index is 12.0. The van der Waals surface area contributed by atoms with Gasteiger partial charge in [-0.25, -0.2) is 0 Å². The summed E-state index contributed by atoms with van der Waals surface area (Å²) in [6.07, 6.45) is 40.8. The first-order valence-corrected chi connectivity index (χ1v) is 19.6. The van der Waals surface area contributed by atoms with E-state index in [1.54, 1.807) is 0 Å². The van der Waals surface area contributed by atoms with Crippen LogP contribution in [0.1, 0.15) is 187 Å². The zero-order valence-corrected chi connectivity index (χ0v) is 30.7. The molecule has 0 bridgehead atoms. The number of ether oxygens (including phenoxy) is 2. The SMILES string of the molecule is CC/C=C/C/C=C/C=C/C(O)CCCCCCCC(=O)OC[C@H](O)COC(=O)CCCCCCCCCCCCCCCCCCC. The van der Waals surface area contributed by atoms with Crippen molar-refractivity contribution in [2.45, 2.75) is 199 Å². The number of esters is 2. The van der Waals surface area contributed by atoms with Crippen LogP contribution in [0.2, 0.25) is 0 Å². The maximum Gasteiger partial charge on any atom is 0.305 e. The number of aliphatic hydroxyl groups is 2. The molecule has 0 saturated carbocycles. The number of hydrogen-bond donors (Lipinski definition) is 2. The third kappa shape index (κ3) is 36.8. The monoisotopic (exact) mass is 663 g/mol. The summed E-state index contributed by atoms with van der Waals surface area (Å²) in [6.45, 7) is 4.10. The molecule has 1 unspecified atom stereocenters. The molecular weight excluding hydrogens is 588 g/mol. The highest BCUT2D eigenvalue weighted by atomic mass is 16.6. The van der Waals surface area contributed by atoms with Crippen molar-refractivity contribution in [1.82, 2.24) is 0 Å². The van der Waals surface area contributed by atoms with Gasteiger partial charge in [0.1, 0.15) is 19.3 Å². The molecule has 0 aliphatic heterocycles. The van der Waals surface area contributed by atoms with Gasteiger partial charge in [0.05, 0.1) is 6.10 Å². The lowest BCUT2D eigenvalue weighted by Crippen LogP contribution is -2.25. The number of carbonyl (C=O) groups is 2. The molecule has 0 saturated heterocycles. The van der Waals surface area contributed by atoms with Gasteiger partial charge in [-0.3, -0.25) is 9.59 Å². The topological polar surface area (TPSA) is 93.1 Å². The number of unbranched alkanes of at least 4 members (excludes halogenated alkanes) is 20. The van der Waals surface area contributed by atoms with E-state index < -0.39 is 12.2 Å². The van der Waals surface area contributed by atoms with E-state index in [-0.39, 0.29) is 25.2 Å². The van der Waals surface area contributed by atoms with Gasteiger partial charge in [-0.2, -0.15) is 0 Å². The zero-order chi connectivity index (χ0) is 34.5. The summed E-state index contributed by atoms with van der Waals surface area (Å²) in [5, 5.41) is 20.0. The lowest BCUT2D eigenvalue weighted by Gasteiger charge is -2.12. The third-order valence-electron chi connectivity index (χ3n) is 8.49. The van der Waals surface area contributed by atoms with E-state index in [0.717, 1.165) is 70.6 Å². The first-order valence-electron chi connectivity index (χ1n) is 19.6. The van der Waals surface area contributed by atoms with Gasteiger partial charge in [0.2, 0.25) is 0 Å². The highest BCUT2D eigenvalue weighted by molar-refractivity contribution is 5.69. The van der Waals surface area contributed by atoms with Gasteiger partial charge in [0.15, 0.2) is 0 Å². The molecule has 0 amide bonds. The standard InChI is InChI=1S/C41H74O6/c1-3-5-7-9-11-12-13-14-15-16-17-18-19-20-22-26-30-34-40(44)46-36-39(43)37-47-41(45)35-31-27-23-25-29-33-38(42)32-28-24-21-10-8-6-4-2/h6,8,21,24,28,32,38-39,42-43H,3-5,7,9-20,22-23,25-27,29-31,33-37H2,1-2H3/b8-6+,24-21+,32-28+/t38?,39-/m1/s1. The van der Waals surface area contributed by atoms with Crippen molar-refractivity contribution in [3.05, 3.63) is 36.5 Å². The predicted molar refractivity (Wildman–Crippen MR) is 197 cm³/mol. The molecule has 6 nitrogen and oxygen atoms in total. The summed E-state index contributed by atoms with van der Waals surface area (Å²) in [4.78, 5) is 23.9. The molecule has 0 aliphatic rings. The van der Waals surface area contributed by atoms with E-state index >= 15 is 0 Å². The van der Waals surface area contributed by atoms with E-state index in [2.05, 4.69) is 32.1 Å². The molecular formula is C41H74O6. The molecule has 0 aliphatic carbocycles. The van der Waals surface area contributed by atoms with Crippen LogP contribution < -0.4 is 0 Å². The Morgan fingerprint density at radius 3 is 1.40 bits per heavy atom. The van der Waals surface area contributed by atoms with Crippen molar-refractivity contribution in [3.8, 4) is 0 Å². The van der Waals surface area contributed by atoms with E-state index in [1.165, 1.54) is 89.9 Å². The van der Waals surface area contributed by atoms with Gasteiger partial charge in [-0.05, 0) is 32.1 Å². The minimum absolute atomic E-state index is 0.140. The fraction of sp³-hybridized carbons (Fsp3) is 0.805. The largest absolute Gasteiger partial charge is 0.463 e. The summed E-state index contributed by atoms with van der Waals surface area (Å²) in [5.41, 5.74) is 0. The Kier molecular flexibility index (Phi) is 35.4. The van der Waals surface area contributed by atoms with E-state index in [9.17, 15) is 19.8 Å². The lowest BCUT2D eigenvalue weighted by atomic mass is 10.0. The van der Waals surface area contributed by atoms with Crippen LogP contribution in [0.3, 0.4) is 0 Å². The van der Waals surface area contributed by atoms with Crippen molar-refractivity contribution in [3.63, 3.8) is 0 Å². The zero-order valence-electron chi connectivity index (χ0n) is 30.7. The highest BCUT2D eigenvalue weighted by Gasteiger charge is 2.12. The molecule has 6 heteroatoms. The van der Waals surface area contributed by atoms with Gasteiger partial charge >= 0.3 is 11.9 Å². The van der Waals surface area contributed by atoms with Gasteiger partial charge in [-0.15, -0.1) is 0 Å². The summed E-state index contributed by atoms with van der Waals surface area (Å²) < 4.78 is 10.3. The van der Waals surface area contributed by atoms with Crippen LogP contribution in [0.25, 0.3) is 0 Å². The van der Waals surface area contributed by atoms with Crippen LogP contribution >= 0.6 is 0 Å². The second-order valence-corrected chi connectivity index (χ2v) is 13.2. The molecule has 274 valence electrons. The molecule has 0 heterocycles. The van der Waals surface area contributed by atoms with Crippen LogP contribution in [0.15, 0.2) is 36.5 Å². The second kappa shape index (κ2) is 36.9. The van der Waals surface area contributed by atoms with Gasteiger partial charge in [-0.1, -0.05) is 179 Å². The highest BCUT2D eigenvalue weighted by Crippen LogP contribution is 2.15. The summed E-state index contributed by atoms with van der Waals surface area (Å²) >= 11 is 0. The molecule has 47 heavy (non-hydrogen) atoms. The predicted octanol–water partition coefficient (Wildman–Crippen LogP) is 11.0. The van der Waals surface area contributed by atoms with E-state index in [4.69, 9.17) is 9.47 Å². The Hall–Kier alpha value is -1.92. The van der Waals surface area contributed by atoms with Crippen LogP contribution in [-0.4, -0.2) is 47.6 Å². The number of carbonyl (C=O) groups excluding carboxylic acids is 2. The molecule has 2 atom stereocenters. The maximum absolute atomic E-state index is 12.0. The quantitative estimate of drug-likeness (QED) is 0.0304. The van der Waals surface area contributed by atoms with Crippen molar-refractivity contribution < 1.29 is 29.3 Å². The Labute approximate surface area is 289 Å². The first-order chi connectivity index (χ1) is 23.0. The van der Waals surface area contributed by atoms with Crippen LogP contribution in [0, 0.1) is 0 Å². The first kappa shape index (κ1) is 45.1. The smallest absolute Gasteiger partial charge is 0.305 e. The molecule has 2 N–H and O–H groups in total. The Balaban J connectivity index is 3.50. The van der Waals surface area contributed by atoms with Gasteiger partial charge in [0, 0.05) is 12.8 Å². The fourth-order valence-corrected chi connectivity index (χ4v) is 5.51. The number of allylic oxidation sites excluding steroid dienone is 5. The number of aliphatic hydroxyl groups excluding tert-OH is 2. The summed E-state index contributed by atoms with van der Waals surface area (Å²) in [6, 6.07) is 0. The minimum atomic E-state index is -0.993. The van der Waals surface area contributed by atoms with Crippen LogP contribution in [-0.2, 0) is 19.1 Å². The molecule has 0 radical (unpaired) electrons. The average Bonchev–Trinajstić information content (AvgIpc) is 3.06. The van der Waals surface area contributed by atoms with Gasteiger partial charge < -0.3 is 19.7 Å². The summed E-state index contributed by atoms with van der Waals surface area (Å²) in [5.74, 6) is -0.634. The minimum Gasteiger partial charge on any atom is -0.463 e. The molecule has 0 spiro atoms. The molecule has 0 aromatic carbocycles. The number of hydrogen-bond acceptors (Lipinski definition) is 6. The molecule has 0 aromatic rings. The normalized spacial score (nSPS) is 13.2. The van der Waals surface area contributed by atoms with Crippen molar-refractivity contribution >= 4 is 11.9 Å². The van der Waals surface area contributed by atoms with Crippen LogP contribution in [0.4, 0.5) is 0 Å². The Morgan fingerprint density at radius 2 is 0.957 bits per heavy atom. The second-order valence-electron chi connectivity index (χ2n) is 13.2. The molecule has 0 fully saturated rings. The van der Waals surface area contributed by atoms with E-state index in [1.807, 2.05) is 18.2 Å². The van der Waals surface area contributed by atoms with Crippen LogP contribution in [0.5, 0.6) is 0 Å². The molecule has 0 rings (SSSR count). The van der Waals surface area contributed by atoms with Crippen molar-refractivity contribution in [1.29, 1.82) is 0 Å². The third-order valence-corrected chi connectivity index (χ3v) is 8.49. The van der Waals surface area contributed by atoms with Crippen molar-refractivity contribution in [2.24, 2.45) is 0 Å². The Bertz CT molecular complexity index is 774. The summed E-state index contributed by atoms with van der Waals surface area (Å²) in [7, 11) is 0. The number of rotatable bonds is 35.